The molecule has 4 aromatic rings. The SMILES string of the molecule is CCOC(=O)C1=C[C@H](c2cn(S(=O)(=O)c3ccc(C)cc3)c3ccccc23)N2[C@H](O[C@@H]3Cc4cccc(C)c4[C@@H]32)[C@H]1CC. The fraction of sp³-hybridized carbons (Fsp3) is 0.343. The Labute approximate surface area is 252 Å². The molecule has 2 aliphatic heterocycles. The summed E-state index contributed by atoms with van der Waals surface area (Å²) in [5.74, 6) is -0.509. The van der Waals surface area contributed by atoms with Crippen molar-refractivity contribution in [1.82, 2.24) is 8.87 Å². The third-order valence-electron chi connectivity index (χ3n) is 9.37. The van der Waals surface area contributed by atoms with Crippen LogP contribution in [0.15, 0.2) is 89.5 Å². The number of rotatable bonds is 6. The number of hydrogen-bond acceptors (Lipinski definition) is 6. The summed E-state index contributed by atoms with van der Waals surface area (Å²) < 4.78 is 41.9. The molecule has 0 unspecified atom stereocenters. The Morgan fingerprint density at radius 1 is 1.00 bits per heavy atom. The van der Waals surface area contributed by atoms with E-state index in [2.05, 4.69) is 36.9 Å². The minimum absolute atomic E-state index is 0.0175. The van der Waals surface area contributed by atoms with E-state index in [0.717, 1.165) is 22.9 Å². The van der Waals surface area contributed by atoms with Crippen molar-refractivity contribution in [2.45, 2.75) is 69.8 Å². The molecule has 3 aromatic carbocycles. The van der Waals surface area contributed by atoms with E-state index in [1.54, 1.807) is 18.3 Å². The smallest absolute Gasteiger partial charge is 0.334 e. The van der Waals surface area contributed by atoms with Crippen molar-refractivity contribution in [3.8, 4) is 0 Å². The Kier molecular flexibility index (Phi) is 6.84. The number of nitrogens with zero attached hydrogens (tertiary/aromatic N) is 2. The fourth-order valence-corrected chi connectivity index (χ4v) is 8.81. The van der Waals surface area contributed by atoms with Crippen LogP contribution in [0.4, 0.5) is 0 Å². The van der Waals surface area contributed by atoms with Crippen molar-refractivity contribution in [3.63, 3.8) is 0 Å². The number of benzene rings is 3. The molecule has 1 fully saturated rings. The van der Waals surface area contributed by atoms with Gasteiger partial charge in [-0.25, -0.2) is 17.2 Å². The van der Waals surface area contributed by atoms with Gasteiger partial charge in [0.1, 0.15) is 6.23 Å². The summed E-state index contributed by atoms with van der Waals surface area (Å²) in [6.07, 6.45) is 4.86. The van der Waals surface area contributed by atoms with Gasteiger partial charge in [0, 0.05) is 35.1 Å². The zero-order valence-electron chi connectivity index (χ0n) is 24.9. The summed E-state index contributed by atoms with van der Waals surface area (Å²) in [6.45, 7) is 8.24. The molecule has 1 saturated heterocycles. The molecule has 0 bridgehead atoms. The van der Waals surface area contributed by atoms with Gasteiger partial charge < -0.3 is 9.47 Å². The molecule has 0 amide bonds. The first kappa shape index (κ1) is 28.1. The van der Waals surface area contributed by atoms with Crippen molar-refractivity contribution >= 4 is 26.9 Å². The highest BCUT2D eigenvalue weighted by Gasteiger charge is 2.55. The van der Waals surface area contributed by atoms with Crippen molar-refractivity contribution in [3.05, 3.63) is 112 Å². The average molecular weight is 597 g/mol. The Hall–Kier alpha value is -3.72. The standard InChI is InChI=1S/C35H36N2O5S/c1-5-25-27(35(38)41-6-2)19-30(37-33-31(42-34(25)37)18-23-11-9-10-22(4)32(23)33)28-20-36(29-13-8-7-12-26(28)29)43(39,40)24-16-14-21(3)15-17-24/h7-17,19-20,25,30-31,33-34H,5-6,18H2,1-4H3/t25-,30+,31+,33+,34+/m0/s1. The predicted octanol–water partition coefficient (Wildman–Crippen LogP) is 6.39. The lowest BCUT2D eigenvalue weighted by atomic mass is 9.84. The first-order chi connectivity index (χ1) is 20.7. The molecular weight excluding hydrogens is 560 g/mol. The third-order valence-corrected chi connectivity index (χ3v) is 11.1. The van der Waals surface area contributed by atoms with E-state index in [0.29, 0.717) is 17.5 Å². The highest BCUT2D eigenvalue weighted by Crippen LogP contribution is 2.55. The van der Waals surface area contributed by atoms with Gasteiger partial charge in [-0.05, 0) is 62.1 Å². The van der Waals surface area contributed by atoms with E-state index < -0.39 is 16.1 Å². The Balaban J connectivity index is 1.45. The van der Waals surface area contributed by atoms with Crippen LogP contribution in [0.1, 0.15) is 60.2 Å². The molecule has 0 N–H and O–H groups in total. The molecule has 0 spiro atoms. The van der Waals surface area contributed by atoms with Crippen LogP contribution in [-0.4, -0.2) is 42.2 Å². The molecule has 3 heterocycles. The Morgan fingerprint density at radius 3 is 2.51 bits per heavy atom. The lowest BCUT2D eigenvalue weighted by molar-refractivity contribution is -0.141. The zero-order chi connectivity index (χ0) is 30.0. The summed E-state index contributed by atoms with van der Waals surface area (Å²) in [5, 5.41) is 0.822. The number of aromatic nitrogens is 1. The maximum absolute atomic E-state index is 14.1. The second-order valence-electron chi connectivity index (χ2n) is 11.8. The largest absolute Gasteiger partial charge is 0.463 e. The van der Waals surface area contributed by atoms with E-state index in [9.17, 15) is 13.2 Å². The number of para-hydroxylation sites is 1. The van der Waals surface area contributed by atoms with Crippen molar-refractivity contribution < 1.29 is 22.7 Å². The highest BCUT2D eigenvalue weighted by atomic mass is 32.2. The zero-order valence-corrected chi connectivity index (χ0v) is 25.7. The number of aryl methyl sites for hydroxylation is 2. The van der Waals surface area contributed by atoms with Crippen molar-refractivity contribution in [2.24, 2.45) is 5.92 Å². The number of ether oxygens (including phenoxy) is 2. The van der Waals surface area contributed by atoms with Crippen LogP contribution in [0.3, 0.4) is 0 Å². The minimum Gasteiger partial charge on any atom is -0.463 e. The molecule has 7 nitrogen and oxygen atoms in total. The second-order valence-corrected chi connectivity index (χ2v) is 13.6. The molecule has 8 heteroatoms. The lowest BCUT2D eigenvalue weighted by Gasteiger charge is -2.42. The number of carbonyl (C=O) groups excluding carboxylic acids is 1. The van der Waals surface area contributed by atoms with Crippen LogP contribution >= 0.6 is 0 Å². The molecule has 1 aliphatic carbocycles. The van der Waals surface area contributed by atoms with Gasteiger partial charge in [-0.2, -0.15) is 0 Å². The molecule has 5 atom stereocenters. The first-order valence-electron chi connectivity index (χ1n) is 15.1. The van der Waals surface area contributed by atoms with Crippen LogP contribution in [-0.2, 0) is 30.7 Å². The van der Waals surface area contributed by atoms with E-state index in [1.807, 2.05) is 56.3 Å². The van der Waals surface area contributed by atoms with Gasteiger partial charge in [0.2, 0.25) is 0 Å². The molecule has 3 aliphatic rings. The number of carbonyl (C=O) groups is 1. The third kappa shape index (κ3) is 4.30. The minimum atomic E-state index is -3.89. The molecule has 0 saturated carbocycles. The molecule has 43 heavy (non-hydrogen) atoms. The predicted molar refractivity (Wildman–Crippen MR) is 165 cm³/mol. The van der Waals surface area contributed by atoms with Crippen LogP contribution in [0, 0.1) is 19.8 Å². The summed E-state index contributed by atoms with van der Waals surface area (Å²) in [6, 6.07) is 20.5. The van der Waals surface area contributed by atoms with Gasteiger partial charge in [-0.3, -0.25) is 4.90 Å². The first-order valence-corrected chi connectivity index (χ1v) is 16.5. The highest BCUT2D eigenvalue weighted by molar-refractivity contribution is 7.90. The Bertz CT molecular complexity index is 1870. The van der Waals surface area contributed by atoms with Gasteiger partial charge in [-0.15, -0.1) is 0 Å². The van der Waals surface area contributed by atoms with Gasteiger partial charge in [-0.1, -0.05) is 67.1 Å². The number of fused-ring (bicyclic) bond motifs is 6. The summed E-state index contributed by atoms with van der Waals surface area (Å²) in [5.41, 5.74) is 6.77. The van der Waals surface area contributed by atoms with Gasteiger partial charge in [0.25, 0.3) is 10.0 Å². The van der Waals surface area contributed by atoms with Crippen LogP contribution in [0.5, 0.6) is 0 Å². The quantitative estimate of drug-likeness (QED) is 0.240. The summed E-state index contributed by atoms with van der Waals surface area (Å²) in [4.78, 5) is 16.0. The van der Waals surface area contributed by atoms with Gasteiger partial charge in [0.15, 0.2) is 0 Å². The number of esters is 1. The van der Waals surface area contributed by atoms with Gasteiger partial charge >= 0.3 is 5.97 Å². The normalized spacial score (nSPS) is 24.8. The monoisotopic (exact) mass is 596 g/mol. The average Bonchev–Trinajstić information content (AvgIpc) is 3.67. The maximum atomic E-state index is 14.1. The van der Waals surface area contributed by atoms with Crippen molar-refractivity contribution in [2.75, 3.05) is 6.61 Å². The summed E-state index contributed by atoms with van der Waals surface area (Å²) in [7, 11) is -3.89. The fourth-order valence-electron chi connectivity index (χ4n) is 7.43. The van der Waals surface area contributed by atoms with E-state index in [4.69, 9.17) is 9.47 Å². The van der Waals surface area contributed by atoms with E-state index in [-0.39, 0.29) is 41.8 Å². The van der Waals surface area contributed by atoms with Crippen LogP contribution < -0.4 is 0 Å². The molecule has 222 valence electrons. The Morgan fingerprint density at radius 2 is 1.77 bits per heavy atom. The van der Waals surface area contributed by atoms with Gasteiger partial charge in [0.05, 0.1) is 35.2 Å². The molecule has 0 radical (unpaired) electrons. The topological polar surface area (TPSA) is 77.8 Å². The lowest BCUT2D eigenvalue weighted by Crippen LogP contribution is -2.45. The summed E-state index contributed by atoms with van der Waals surface area (Å²) >= 11 is 0. The van der Waals surface area contributed by atoms with Crippen molar-refractivity contribution in [1.29, 1.82) is 0 Å². The van der Waals surface area contributed by atoms with E-state index >= 15 is 0 Å². The molecular formula is C35H36N2O5S. The van der Waals surface area contributed by atoms with Crippen LogP contribution in [0.25, 0.3) is 10.9 Å². The van der Waals surface area contributed by atoms with E-state index in [1.165, 1.54) is 20.7 Å². The maximum Gasteiger partial charge on any atom is 0.334 e. The number of hydrogen-bond donors (Lipinski definition) is 0. The second kappa shape index (κ2) is 10.5. The molecule has 7 rings (SSSR count). The van der Waals surface area contributed by atoms with Crippen LogP contribution in [0.2, 0.25) is 0 Å². The molecule has 1 aromatic heterocycles.